The van der Waals surface area contributed by atoms with E-state index in [1.165, 1.54) is 0 Å². The summed E-state index contributed by atoms with van der Waals surface area (Å²) >= 11 is 0. The van der Waals surface area contributed by atoms with Crippen LogP contribution in [0.15, 0.2) is 54.6 Å². The second kappa shape index (κ2) is 11.2. The van der Waals surface area contributed by atoms with Gasteiger partial charge in [-0.25, -0.2) is 0 Å². The molecular weight excluding hydrogens is 340 g/mol. The number of benzene rings is 2. The lowest BCUT2D eigenvalue weighted by molar-refractivity contribution is -0.149. The number of esters is 2. The Hall–Kier alpha value is -2.62. The maximum atomic E-state index is 12.5. The third kappa shape index (κ3) is 6.55. The summed E-state index contributed by atoms with van der Waals surface area (Å²) in [7, 11) is 0. The standard InChI is InChI=1S/C23H28O4/c1-3-26-22(24)16-10-14-20(23(25)27-4-2)17-19-13-8-9-15-21(19)18-11-6-5-7-12-18/h5-9,11-13,15,20H,3-4,10,14,16-17H2,1-2H3. The largest absolute Gasteiger partial charge is 0.466 e. The summed E-state index contributed by atoms with van der Waals surface area (Å²) in [5.41, 5.74) is 3.36. The third-order valence-electron chi connectivity index (χ3n) is 4.43. The molecule has 0 aliphatic rings. The normalized spacial score (nSPS) is 11.6. The molecule has 0 saturated carbocycles. The van der Waals surface area contributed by atoms with Gasteiger partial charge >= 0.3 is 11.9 Å². The van der Waals surface area contributed by atoms with Crippen LogP contribution < -0.4 is 0 Å². The molecular formula is C23H28O4. The van der Waals surface area contributed by atoms with Gasteiger partial charge < -0.3 is 9.47 Å². The molecule has 0 aliphatic heterocycles. The molecule has 1 atom stereocenters. The highest BCUT2D eigenvalue weighted by Crippen LogP contribution is 2.27. The Morgan fingerprint density at radius 3 is 2.26 bits per heavy atom. The number of ether oxygens (including phenoxy) is 2. The third-order valence-corrected chi connectivity index (χ3v) is 4.43. The first kappa shape index (κ1) is 20.7. The summed E-state index contributed by atoms with van der Waals surface area (Å²) in [5.74, 6) is -0.696. The molecule has 0 N–H and O–H groups in total. The number of carbonyl (C=O) groups is 2. The van der Waals surface area contributed by atoms with Crippen molar-refractivity contribution in [2.45, 2.75) is 39.5 Å². The number of carbonyl (C=O) groups excluding carboxylic acids is 2. The summed E-state index contributed by atoms with van der Waals surface area (Å²) in [5, 5.41) is 0. The van der Waals surface area contributed by atoms with Crippen LogP contribution in [-0.4, -0.2) is 25.2 Å². The van der Waals surface area contributed by atoms with Gasteiger partial charge in [0.15, 0.2) is 0 Å². The van der Waals surface area contributed by atoms with Crippen molar-refractivity contribution in [2.24, 2.45) is 5.92 Å². The van der Waals surface area contributed by atoms with Gasteiger partial charge in [0.1, 0.15) is 0 Å². The molecule has 0 heterocycles. The van der Waals surface area contributed by atoms with Gasteiger partial charge in [0.05, 0.1) is 19.1 Å². The Morgan fingerprint density at radius 1 is 0.889 bits per heavy atom. The molecule has 27 heavy (non-hydrogen) atoms. The molecule has 0 saturated heterocycles. The van der Waals surface area contributed by atoms with Crippen molar-refractivity contribution >= 4 is 11.9 Å². The van der Waals surface area contributed by atoms with Crippen LogP contribution in [0.3, 0.4) is 0 Å². The van der Waals surface area contributed by atoms with Gasteiger partial charge in [-0.1, -0.05) is 54.6 Å². The van der Waals surface area contributed by atoms with E-state index in [0.717, 1.165) is 16.7 Å². The van der Waals surface area contributed by atoms with Gasteiger partial charge in [0.25, 0.3) is 0 Å². The van der Waals surface area contributed by atoms with E-state index in [-0.39, 0.29) is 17.9 Å². The zero-order valence-electron chi connectivity index (χ0n) is 16.1. The Morgan fingerprint density at radius 2 is 1.56 bits per heavy atom. The lowest BCUT2D eigenvalue weighted by Crippen LogP contribution is -2.21. The average Bonchev–Trinajstić information content (AvgIpc) is 2.68. The molecule has 0 amide bonds. The Labute approximate surface area is 161 Å². The molecule has 0 aromatic heterocycles. The zero-order chi connectivity index (χ0) is 19.5. The van der Waals surface area contributed by atoms with Gasteiger partial charge in [-0.15, -0.1) is 0 Å². The lowest BCUT2D eigenvalue weighted by Gasteiger charge is -2.18. The highest BCUT2D eigenvalue weighted by molar-refractivity contribution is 5.74. The topological polar surface area (TPSA) is 52.6 Å². The summed E-state index contributed by atoms with van der Waals surface area (Å²) in [6, 6.07) is 18.3. The predicted molar refractivity (Wildman–Crippen MR) is 106 cm³/mol. The van der Waals surface area contributed by atoms with Crippen LogP contribution in [0.25, 0.3) is 11.1 Å². The molecule has 0 radical (unpaired) electrons. The molecule has 1 unspecified atom stereocenters. The summed E-state index contributed by atoms with van der Waals surface area (Å²) < 4.78 is 10.2. The Balaban J connectivity index is 2.13. The van der Waals surface area contributed by atoms with Crippen molar-refractivity contribution in [2.75, 3.05) is 13.2 Å². The Kier molecular flexibility index (Phi) is 8.56. The monoisotopic (exact) mass is 368 g/mol. The SMILES string of the molecule is CCOC(=O)CCCC(Cc1ccccc1-c1ccccc1)C(=O)OCC. The molecule has 4 nitrogen and oxygen atoms in total. The smallest absolute Gasteiger partial charge is 0.309 e. The van der Waals surface area contributed by atoms with E-state index in [0.29, 0.717) is 38.9 Å². The molecule has 2 aromatic rings. The van der Waals surface area contributed by atoms with Gasteiger partial charge in [0.2, 0.25) is 0 Å². The van der Waals surface area contributed by atoms with Crippen LogP contribution in [0.4, 0.5) is 0 Å². The van der Waals surface area contributed by atoms with Crippen molar-refractivity contribution in [3.05, 3.63) is 60.2 Å². The predicted octanol–water partition coefficient (Wildman–Crippen LogP) is 4.81. The van der Waals surface area contributed by atoms with Crippen LogP contribution in [0.1, 0.15) is 38.7 Å². The van der Waals surface area contributed by atoms with Crippen molar-refractivity contribution in [1.29, 1.82) is 0 Å². The van der Waals surface area contributed by atoms with Crippen LogP contribution in [-0.2, 0) is 25.5 Å². The Bertz CT molecular complexity index is 724. The van der Waals surface area contributed by atoms with Crippen molar-refractivity contribution < 1.29 is 19.1 Å². The minimum atomic E-state index is -0.274. The van der Waals surface area contributed by atoms with Gasteiger partial charge in [-0.2, -0.15) is 0 Å². The van der Waals surface area contributed by atoms with Crippen molar-refractivity contribution in [1.82, 2.24) is 0 Å². The van der Waals surface area contributed by atoms with E-state index in [1.54, 1.807) is 6.92 Å². The summed E-state index contributed by atoms with van der Waals surface area (Å²) in [6.45, 7) is 4.34. The first-order valence-electron chi connectivity index (χ1n) is 9.61. The second-order valence-corrected chi connectivity index (χ2v) is 6.37. The molecule has 4 heteroatoms. The van der Waals surface area contributed by atoms with Crippen molar-refractivity contribution in [3.63, 3.8) is 0 Å². The van der Waals surface area contributed by atoms with Crippen LogP contribution in [0.2, 0.25) is 0 Å². The summed E-state index contributed by atoms with van der Waals surface area (Å²) in [4.78, 5) is 24.0. The lowest BCUT2D eigenvalue weighted by atomic mass is 9.89. The highest BCUT2D eigenvalue weighted by Gasteiger charge is 2.22. The maximum absolute atomic E-state index is 12.5. The van der Waals surface area contributed by atoms with E-state index in [9.17, 15) is 9.59 Å². The molecule has 144 valence electrons. The fraction of sp³-hybridized carbons (Fsp3) is 0.391. The highest BCUT2D eigenvalue weighted by atomic mass is 16.5. The zero-order valence-corrected chi connectivity index (χ0v) is 16.1. The average molecular weight is 368 g/mol. The fourth-order valence-electron chi connectivity index (χ4n) is 3.15. The van der Waals surface area contributed by atoms with E-state index in [1.807, 2.05) is 37.3 Å². The number of rotatable bonds is 10. The van der Waals surface area contributed by atoms with Crippen LogP contribution in [0, 0.1) is 5.92 Å². The molecule has 0 bridgehead atoms. The van der Waals surface area contributed by atoms with Crippen molar-refractivity contribution in [3.8, 4) is 11.1 Å². The molecule has 0 fully saturated rings. The van der Waals surface area contributed by atoms with Gasteiger partial charge in [-0.05, 0) is 49.8 Å². The van der Waals surface area contributed by atoms with E-state index < -0.39 is 0 Å². The molecule has 2 rings (SSSR count). The summed E-state index contributed by atoms with van der Waals surface area (Å²) in [6.07, 6.45) is 2.12. The fourth-order valence-corrected chi connectivity index (χ4v) is 3.15. The van der Waals surface area contributed by atoms with Gasteiger partial charge in [-0.3, -0.25) is 9.59 Å². The molecule has 2 aromatic carbocycles. The number of hydrogen-bond acceptors (Lipinski definition) is 4. The minimum Gasteiger partial charge on any atom is -0.466 e. The first-order valence-corrected chi connectivity index (χ1v) is 9.61. The van der Waals surface area contributed by atoms with E-state index in [2.05, 4.69) is 24.3 Å². The van der Waals surface area contributed by atoms with Crippen LogP contribution in [0.5, 0.6) is 0 Å². The first-order chi connectivity index (χ1) is 13.2. The van der Waals surface area contributed by atoms with Gasteiger partial charge in [0, 0.05) is 6.42 Å². The second-order valence-electron chi connectivity index (χ2n) is 6.37. The maximum Gasteiger partial charge on any atom is 0.309 e. The quantitative estimate of drug-likeness (QED) is 0.565. The minimum absolute atomic E-state index is 0.204. The number of hydrogen-bond donors (Lipinski definition) is 0. The van der Waals surface area contributed by atoms with E-state index >= 15 is 0 Å². The van der Waals surface area contributed by atoms with Crippen LogP contribution >= 0.6 is 0 Å². The molecule has 0 aliphatic carbocycles. The van der Waals surface area contributed by atoms with E-state index in [4.69, 9.17) is 9.47 Å². The molecule has 0 spiro atoms.